The molecule has 0 saturated heterocycles. The average Bonchev–Trinajstić information content (AvgIpc) is 2.13. The zero-order chi connectivity index (χ0) is 9.56. The van der Waals surface area contributed by atoms with E-state index in [1.165, 1.54) is 0 Å². The molecular weight excluding hydrogens is 237 g/mol. The van der Waals surface area contributed by atoms with Crippen molar-refractivity contribution in [2.24, 2.45) is 0 Å². The van der Waals surface area contributed by atoms with Crippen molar-refractivity contribution in [2.75, 3.05) is 7.11 Å². The maximum atomic E-state index is 8.72. The number of hydrogen-bond donors (Lipinski definition) is 2. The number of aliphatic hydroxyl groups excluding tert-OH is 2. The first-order chi connectivity index (χ1) is 5.75. The Bertz CT molecular complexity index is 249. The van der Waals surface area contributed by atoms with Crippen LogP contribution in [0.4, 0.5) is 0 Å². The Morgan fingerprint density at radius 3 is 2.29 bits per heavy atom. The predicted molar refractivity (Wildman–Crippen MR) is 53.8 cm³/mol. The van der Waals surface area contributed by atoms with Gasteiger partial charge in [-0.1, -0.05) is 11.6 Å². The van der Waals surface area contributed by atoms with E-state index >= 15 is 0 Å². The van der Waals surface area contributed by atoms with E-state index in [0.29, 0.717) is 10.7 Å². The van der Waals surface area contributed by atoms with E-state index in [2.05, 4.69) is 4.98 Å². The van der Waals surface area contributed by atoms with Crippen LogP contribution in [-0.2, 0) is 6.61 Å². The van der Waals surface area contributed by atoms with Crippen LogP contribution in [0.2, 0.25) is 5.02 Å². The number of hydrogen-bond acceptors (Lipinski definition) is 3. The summed E-state index contributed by atoms with van der Waals surface area (Å²) in [5.74, 6) is 0. The van der Waals surface area contributed by atoms with Gasteiger partial charge in [-0.3, -0.25) is 4.98 Å². The monoisotopic (exact) mass is 248 g/mol. The van der Waals surface area contributed by atoms with Gasteiger partial charge in [0.1, 0.15) is 0 Å². The first kappa shape index (κ1) is 19.9. The molecule has 0 aliphatic carbocycles. The van der Waals surface area contributed by atoms with Crippen LogP contribution in [-0.4, -0.2) is 45.4 Å². The summed E-state index contributed by atoms with van der Waals surface area (Å²) < 4.78 is 0. The topological polar surface area (TPSA) is 53.4 Å². The van der Waals surface area contributed by atoms with E-state index < -0.39 is 0 Å². The Labute approximate surface area is 111 Å². The van der Waals surface area contributed by atoms with Crippen LogP contribution in [0.15, 0.2) is 12.3 Å². The summed E-state index contributed by atoms with van der Waals surface area (Å²) >= 11 is 5.74. The van der Waals surface area contributed by atoms with E-state index in [1.807, 2.05) is 6.92 Å². The van der Waals surface area contributed by atoms with Gasteiger partial charge in [0.05, 0.1) is 12.3 Å². The molecule has 6 heteroatoms. The van der Waals surface area contributed by atoms with Crippen molar-refractivity contribution in [3.8, 4) is 0 Å². The summed E-state index contributed by atoms with van der Waals surface area (Å²) in [6, 6.07) is 1.70. The largest absolute Gasteiger partial charge is 2.00 e. The minimum Gasteiger partial charge on any atom is -1.00 e. The Hall–Kier alpha value is 0.416. The van der Waals surface area contributed by atoms with Crippen LogP contribution >= 0.6 is 11.6 Å². The average molecular weight is 249 g/mol. The van der Waals surface area contributed by atoms with Gasteiger partial charge in [-0.15, -0.1) is 0 Å². The molecule has 0 spiro atoms. The standard InChI is InChI=1S/C7H8ClNO.CH4O.ClH.Mg/c1-5-6(8)2-3-9-7(5)4-10;1-2;;/h2-3,10H,4H2,1H3;2H,1H3;1H;/q;;;+2/p-1. The van der Waals surface area contributed by atoms with Crippen LogP contribution in [0.1, 0.15) is 11.3 Å². The van der Waals surface area contributed by atoms with Crippen molar-refractivity contribution in [1.29, 1.82) is 0 Å². The van der Waals surface area contributed by atoms with Crippen LogP contribution in [0.3, 0.4) is 0 Å². The number of aliphatic hydroxyl groups is 2. The van der Waals surface area contributed by atoms with Crippen LogP contribution in [0.25, 0.3) is 0 Å². The van der Waals surface area contributed by atoms with Crippen molar-refractivity contribution in [3.05, 3.63) is 28.5 Å². The molecule has 2 N–H and O–H groups in total. The fourth-order valence-electron chi connectivity index (χ4n) is 0.712. The third-order valence-electron chi connectivity index (χ3n) is 1.39. The molecule has 0 unspecified atom stereocenters. The molecule has 0 aliphatic heterocycles. The zero-order valence-corrected chi connectivity index (χ0v) is 11.1. The summed E-state index contributed by atoms with van der Waals surface area (Å²) in [5.41, 5.74) is 1.50. The Morgan fingerprint density at radius 1 is 1.43 bits per heavy atom. The summed E-state index contributed by atoms with van der Waals surface area (Å²) in [7, 11) is 1.00. The molecule has 1 aromatic rings. The maximum Gasteiger partial charge on any atom is 2.00 e. The molecule has 0 bridgehead atoms. The zero-order valence-electron chi connectivity index (χ0n) is 8.17. The molecule has 1 heterocycles. The van der Waals surface area contributed by atoms with E-state index in [0.717, 1.165) is 12.7 Å². The van der Waals surface area contributed by atoms with Crippen LogP contribution < -0.4 is 12.4 Å². The Morgan fingerprint density at radius 2 is 1.93 bits per heavy atom. The van der Waals surface area contributed by atoms with Gasteiger partial charge in [0.15, 0.2) is 0 Å². The Balaban J connectivity index is -0.000000284. The molecule has 0 aromatic carbocycles. The second-order valence-electron chi connectivity index (χ2n) is 2.02. The minimum atomic E-state index is -0.0492. The summed E-state index contributed by atoms with van der Waals surface area (Å²) in [4.78, 5) is 3.92. The van der Waals surface area contributed by atoms with E-state index in [1.54, 1.807) is 12.3 Å². The van der Waals surface area contributed by atoms with Gasteiger partial charge in [0, 0.05) is 18.3 Å². The predicted octanol–water partition coefficient (Wildman–Crippen LogP) is -2.23. The first-order valence-electron chi connectivity index (χ1n) is 3.41. The third kappa shape index (κ3) is 6.00. The molecule has 0 amide bonds. The SMILES string of the molecule is CO.Cc1c(Cl)ccnc1CO.[Cl-].[Mg+2]. The van der Waals surface area contributed by atoms with Crippen molar-refractivity contribution in [2.45, 2.75) is 13.5 Å². The van der Waals surface area contributed by atoms with E-state index in [4.69, 9.17) is 21.8 Å². The van der Waals surface area contributed by atoms with Gasteiger partial charge in [0.25, 0.3) is 0 Å². The van der Waals surface area contributed by atoms with Gasteiger partial charge < -0.3 is 22.6 Å². The van der Waals surface area contributed by atoms with Gasteiger partial charge in [0.2, 0.25) is 0 Å². The first-order valence-corrected chi connectivity index (χ1v) is 3.79. The molecule has 1 aromatic heterocycles. The normalized spacial score (nSPS) is 7.50. The van der Waals surface area contributed by atoms with Crippen molar-refractivity contribution in [3.63, 3.8) is 0 Å². The molecule has 0 saturated carbocycles. The van der Waals surface area contributed by atoms with E-state index in [9.17, 15) is 0 Å². The molecular formula is C8H12Cl2MgNO2+. The fourth-order valence-corrected chi connectivity index (χ4v) is 0.877. The van der Waals surface area contributed by atoms with Gasteiger partial charge >= 0.3 is 23.1 Å². The van der Waals surface area contributed by atoms with Crippen molar-refractivity contribution in [1.82, 2.24) is 4.98 Å². The molecule has 1 rings (SSSR count). The number of rotatable bonds is 1. The van der Waals surface area contributed by atoms with Crippen molar-refractivity contribution >= 4 is 34.7 Å². The summed E-state index contributed by atoms with van der Waals surface area (Å²) in [6.45, 7) is 1.78. The Kier molecular flexibility index (Phi) is 16.3. The quantitative estimate of drug-likeness (QED) is 0.554. The summed E-state index contributed by atoms with van der Waals surface area (Å²) in [5, 5.41) is 16.4. The smallest absolute Gasteiger partial charge is 1.00 e. The molecule has 14 heavy (non-hydrogen) atoms. The summed E-state index contributed by atoms with van der Waals surface area (Å²) in [6.07, 6.45) is 1.58. The number of pyridine rings is 1. The molecule has 3 nitrogen and oxygen atoms in total. The van der Waals surface area contributed by atoms with Gasteiger partial charge in [-0.05, 0) is 18.6 Å². The number of aromatic nitrogens is 1. The molecule has 0 fully saturated rings. The molecule has 76 valence electrons. The number of halogens is 2. The maximum absolute atomic E-state index is 8.72. The fraction of sp³-hybridized carbons (Fsp3) is 0.375. The second kappa shape index (κ2) is 11.5. The molecule has 0 atom stereocenters. The minimum absolute atomic E-state index is 0. The van der Waals surface area contributed by atoms with Crippen molar-refractivity contribution < 1.29 is 22.6 Å². The second-order valence-corrected chi connectivity index (χ2v) is 2.43. The van der Waals surface area contributed by atoms with Crippen LogP contribution in [0.5, 0.6) is 0 Å². The van der Waals surface area contributed by atoms with Crippen LogP contribution in [0, 0.1) is 6.92 Å². The van der Waals surface area contributed by atoms with Gasteiger partial charge in [-0.2, -0.15) is 0 Å². The third-order valence-corrected chi connectivity index (χ3v) is 1.80. The number of nitrogens with zero attached hydrogens (tertiary/aromatic N) is 1. The van der Waals surface area contributed by atoms with Gasteiger partial charge in [-0.25, -0.2) is 0 Å². The molecule has 0 radical (unpaired) electrons. The molecule has 0 aliphatic rings. The van der Waals surface area contributed by atoms with E-state index in [-0.39, 0.29) is 42.1 Å².